The Morgan fingerprint density at radius 2 is 2.00 bits per heavy atom. The fraction of sp³-hybridized carbons (Fsp3) is 0.643. The van der Waals surface area contributed by atoms with E-state index in [1.165, 1.54) is 38.3 Å². The van der Waals surface area contributed by atoms with Crippen LogP contribution in [0, 0.1) is 11.8 Å². The van der Waals surface area contributed by atoms with Crippen LogP contribution in [0.25, 0.3) is 0 Å². The second-order valence-corrected chi connectivity index (χ2v) is 5.27. The summed E-state index contributed by atoms with van der Waals surface area (Å²) >= 11 is 0. The fourth-order valence-corrected chi connectivity index (χ4v) is 2.65. The van der Waals surface area contributed by atoms with E-state index in [1.54, 1.807) is 6.20 Å². The van der Waals surface area contributed by atoms with Crippen molar-refractivity contribution in [3.63, 3.8) is 0 Å². The van der Waals surface area contributed by atoms with Crippen molar-refractivity contribution >= 4 is 11.8 Å². The molecule has 0 bridgehead atoms. The van der Waals surface area contributed by atoms with E-state index in [0.29, 0.717) is 11.7 Å². The molecule has 19 heavy (non-hydrogen) atoms. The van der Waals surface area contributed by atoms with E-state index >= 15 is 0 Å². The Morgan fingerprint density at radius 1 is 1.32 bits per heavy atom. The zero-order valence-electron chi connectivity index (χ0n) is 11.3. The molecule has 0 aromatic carbocycles. The van der Waals surface area contributed by atoms with E-state index in [-0.39, 0.29) is 5.69 Å². The molecule has 1 fully saturated rings. The number of aromatic carboxylic acids is 1. The van der Waals surface area contributed by atoms with Crippen LogP contribution < -0.4 is 5.32 Å². The van der Waals surface area contributed by atoms with Gasteiger partial charge >= 0.3 is 5.97 Å². The van der Waals surface area contributed by atoms with Crippen LogP contribution in [-0.2, 0) is 0 Å². The predicted octanol–water partition coefficient (Wildman–Crippen LogP) is 2.80. The molecule has 1 aromatic heterocycles. The number of carboxylic acids is 1. The van der Waals surface area contributed by atoms with Crippen LogP contribution in [-0.4, -0.2) is 27.6 Å². The van der Waals surface area contributed by atoms with Crippen LogP contribution in [0.4, 0.5) is 5.82 Å². The molecule has 0 saturated heterocycles. The molecule has 5 nitrogen and oxygen atoms in total. The molecule has 0 radical (unpaired) electrons. The van der Waals surface area contributed by atoms with Crippen molar-refractivity contribution < 1.29 is 9.90 Å². The Balaban J connectivity index is 1.82. The highest BCUT2D eigenvalue weighted by atomic mass is 16.4. The van der Waals surface area contributed by atoms with E-state index in [4.69, 9.17) is 5.11 Å². The van der Waals surface area contributed by atoms with E-state index < -0.39 is 5.97 Å². The molecular weight excluding hydrogens is 242 g/mol. The summed E-state index contributed by atoms with van der Waals surface area (Å²) in [6, 6.07) is 0. The number of carbonyl (C=O) groups is 1. The van der Waals surface area contributed by atoms with Gasteiger partial charge in [0.2, 0.25) is 0 Å². The van der Waals surface area contributed by atoms with E-state index in [0.717, 1.165) is 12.5 Å². The third-order valence-electron chi connectivity index (χ3n) is 3.97. The predicted molar refractivity (Wildman–Crippen MR) is 73.2 cm³/mol. The maximum atomic E-state index is 10.8. The summed E-state index contributed by atoms with van der Waals surface area (Å²) < 4.78 is 0. The lowest BCUT2D eigenvalue weighted by molar-refractivity contribution is 0.0690. The molecule has 1 saturated carbocycles. The zero-order valence-corrected chi connectivity index (χ0v) is 11.3. The quantitative estimate of drug-likeness (QED) is 0.854. The van der Waals surface area contributed by atoms with Crippen LogP contribution >= 0.6 is 0 Å². The number of anilines is 1. The molecule has 0 amide bonds. The molecule has 1 aliphatic rings. The normalized spacial score (nSPS) is 23.0. The fourth-order valence-electron chi connectivity index (χ4n) is 2.65. The van der Waals surface area contributed by atoms with Gasteiger partial charge in [0, 0.05) is 6.54 Å². The maximum absolute atomic E-state index is 10.8. The van der Waals surface area contributed by atoms with Crippen LogP contribution in [0.5, 0.6) is 0 Å². The Morgan fingerprint density at radius 3 is 2.63 bits per heavy atom. The number of rotatable bonds is 5. The monoisotopic (exact) mass is 263 g/mol. The van der Waals surface area contributed by atoms with Crippen molar-refractivity contribution in [3.8, 4) is 0 Å². The highest BCUT2D eigenvalue weighted by molar-refractivity contribution is 5.85. The molecule has 1 heterocycles. The summed E-state index contributed by atoms with van der Waals surface area (Å²) in [7, 11) is 0. The third-order valence-corrected chi connectivity index (χ3v) is 3.97. The van der Waals surface area contributed by atoms with Crippen molar-refractivity contribution in [3.05, 3.63) is 18.1 Å². The topological polar surface area (TPSA) is 75.1 Å². The minimum absolute atomic E-state index is 0.0142. The molecule has 0 unspecified atom stereocenters. The van der Waals surface area contributed by atoms with Gasteiger partial charge in [-0.2, -0.15) is 0 Å². The van der Waals surface area contributed by atoms with Gasteiger partial charge < -0.3 is 10.4 Å². The standard InChI is InChI=1S/C14H21N3O2/c1-2-10-3-5-11(6-4-10)7-16-13-9-15-8-12(17-13)14(18)19/h8-11H,2-7H2,1H3,(H,16,17)(H,18,19). The van der Waals surface area contributed by atoms with Crippen LogP contribution in [0.3, 0.4) is 0 Å². The number of hydrogen-bond donors (Lipinski definition) is 2. The van der Waals surface area contributed by atoms with Crippen LogP contribution in [0.2, 0.25) is 0 Å². The first-order valence-corrected chi connectivity index (χ1v) is 6.98. The molecule has 1 aromatic rings. The zero-order chi connectivity index (χ0) is 13.7. The summed E-state index contributed by atoms with van der Waals surface area (Å²) in [5.74, 6) is 1.07. The number of nitrogens with zero attached hydrogens (tertiary/aromatic N) is 2. The lowest BCUT2D eigenvalue weighted by Gasteiger charge is -2.27. The first-order valence-electron chi connectivity index (χ1n) is 6.98. The average molecular weight is 263 g/mol. The van der Waals surface area contributed by atoms with E-state index in [2.05, 4.69) is 22.2 Å². The Kier molecular flexibility index (Phi) is 4.71. The lowest BCUT2D eigenvalue weighted by atomic mass is 9.81. The molecule has 2 N–H and O–H groups in total. The Bertz CT molecular complexity index is 428. The highest BCUT2D eigenvalue weighted by Gasteiger charge is 2.19. The molecule has 2 rings (SSSR count). The van der Waals surface area contributed by atoms with Gasteiger partial charge in [0.15, 0.2) is 5.69 Å². The van der Waals surface area contributed by atoms with E-state index in [1.807, 2.05) is 0 Å². The first-order chi connectivity index (χ1) is 9.19. The van der Waals surface area contributed by atoms with Crippen molar-refractivity contribution in [2.75, 3.05) is 11.9 Å². The minimum atomic E-state index is -1.04. The third kappa shape index (κ3) is 3.91. The second kappa shape index (κ2) is 6.50. The van der Waals surface area contributed by atoms with Gasteiger partial charge in [0.1, 0.15) is 5.82 Å². The lowest BCUT2D eigenvalue weighted by Crippen LogP contribution is -2.21. The largest absolute Gasteiger partial charge is 0.476 e. The van der Waals surface area contributed by atoms with Crippen molar-refractivity contribution in [2.45, 2.75) is 39.0 Å². The van der Waals surface area contributed by atoms with Gasteiger partial charge in [-0.3, -0.25) is 4.98 Å². The summed E-state index contributed by atoms with van der Waals surface area (Å²) in [4.78, 5) is 18.7. The Hall–Kier alpha value is -1.65. The molecule has 0 aliphatic heterocycles. The Labute approximate surface area is 113 Å². The molecule has 0 atom stereocenters. The molecule has 104 valence electrons. The van der Waals surface area contributed by atoms with Crippen molar-refractivity contribution in [1.29, 1.82) is 0 Å². The summed E-state index contributed by atoms with van der Waals surface area (Å²) in [5.41, 5.74) is -0.0142. The minimum Gasteiger partial charge on any atom is -0.476 e. The highest BCUT2D eigenvalue weighted by Crippen LogP contribution is 2.30. The second-order valence-electron chi connectivity index (χ2n) is 5.27. The summed E-state index contributed by atoms with van der Waals surface area (Å²) in [6.45, 7) is 3.12. The first kappa shape index (κ1) is 13.8. The smallest absolute Gasteiger partial charge is 0.356 e. The van der Waals surface area contributed by atoms with Crippen molar-refractivity contribution in [2.24, 2.45) is 11.8 Å². The summed E-state index contributed by atoms with van der Waals surface area (Å²) in [5, 5.41) is 12.1. The molecule has 0 spiro atoms. The van der Waals surface area contributed by atoms with Gasteiger partial charge in [-0.05, 0) is 24.7 Å². The molecule has 5 heteroatoms. The van der Waals surface area contributed by atoms with Crippen molar-refractivity contribution in [1.82, 2.24) is 9.97 Å². The van der Waals surface area contributed by atoms with Gasteiger partial charge in [-0.25, -0.2) is 9.78 Å². The molecule has 1 aliphatic carbocycles. The van der Waals surface area contributed by atoms with Gasteiger partial charge in [-0.15, -0.1) is 0 Å². The summed E-state index contributed by atoms with van der Waals surface area (Å²) in [6.07, 6.45) is 9.23. The van der Waals surface area contributed by atoms with Gasteiger partial charge in [0.25, 0.3) is 0 Å². The van der Waals surface area contributed by atoms with E-state index in [9.17, 15) is 4.79 Å². The van der Waals surface area contributed by atoms with Crippen LogP contribution in [0.15, 0.2) is 12.4 Å². The number of nitrogens with one attached hydrogen (secondary N) is 1. The van der Waals surface area contributed by atoms with Gasteiger partial charge in [0.05, 0.1) is 12.4 Å². The number of hydrogen-bond acceptors (Lipinski definition) is 4. The number of carboxylic acid groups (broad SMARTS) is 1. The number of aromatic nitrogens is 2. The SMILES string of the molecule is CCC1CCC(CNc2cncc(C(=O)O)n2)CC1. The average Bonchev–Trinajstić information content (AvgIpc) is 2.46. The van der Waals surface area contributed by atoms with Crippen LogP contribution in [0.1, 0.15) is 49.5 Å². The van der Waals surface area contributed by atoms with Gasteiger partial charge in [-0.1, -0.05) is 26.2 Å². The molecular formula is C14H21N3O2. The maximum Gasteiger partial charge on any atom is 0.356 e.